The Bertz CT molecular complexity index is 851. The molecule has 0 radical (unpaired) electrons. The van der Waals surface area contributed by atoms with Crippen LogP contribution in [-0.2, 0) is 23.9 Å². The summed E-state index contributed by atoms with van der Waals surface area (Å²) in [5, 5.41) is 13.6. The number of fused-ring (bicyclic) bond motifs is 1. The van der Waals surface area contributed by atoms with Crippen LogP contribution in [0.3, 0.4) is 0 Å². The van der Waals surface area contributed by atoms with Gasteiger partial charge in [-0.15, -0.1) is 23.5 Å². The normalized spacial score (nSPS) is 20.2. The number of nitrogens with zero attached hydrogens (tertiary/aromatic N) is 2. The van der Waals surface area contributed by atoms with Gasteiger partial charge in [0.25, 0.3) is 5.91 Å². The van der Waals surface area contributed by atoms with Gasteiger partial charge in [-0.05, 0) is 12.1 Å². The number of nitrogens with one attached hydrogen (secondary N) is 1. The zero-order valence-electron chi connectivity index (χ0n) is 15.7. The van der Waals surface area contributed by atoms with Crippen molar-refractivity contribution in [2.45, 2.75) is 23.2 Å². The first-order valence-corrected chi connectivity index (χ1v) is 10.3. The first-order valence-electron chi connectivity index (χ1n) is 8.22. The van der Waals surface area contributed by atoms with E-state index < -0.39 is 29.3 Å². The summed E-state index contributed by atoms with van der Waals surface area (Å²) in [6.07, 6.45) is 3.24. The Hall–Kier alpha value is -1.53. The molecule has 1 saturated heterocycles. The number of carboxylic acid groups (broad SMARTS) is 1. The summed E-state index contributed by atoms with van der Waals surface area (Å²) in [5.41, 5.74) is 0.00878. The molecule has 2 aliphatic rings. The average Bonchev–Trinajstić information content (AvgIpc) is 2.68. The number of rotatable bonds is 7. The maximum Gasteiger partial charge on any atom is 1.00 e. The molecule has 1 aromatic rings. The first kappa shape index (κ1) is 23.7. The maximum absolute atomic E-state index is 12.5. The summed E-state index contributed by atoms with van der Waals surface area (Å²) >= 11 is 2.60. The Balaban J connectivity index is 0.00000300. The van der Waals surface area contributed by atoms with E-state index in [9.17, 15) is 24.3 Å². The van der Waals surface area contributed by atoms with Crippen LogP contribution in [0, 0.1) is 0 Å². The van der Waals surface area contributed by atoms with Gasteiger partial charge < -0.3 is 20.0 Å². The summed E-state index contributed by atoms with van der Waals surface area (Å²) in [6, 6.07) is 2.74. The molecule has 3 rings (SSSR count). The molecule has 148 valence electrons. The molecule has 29 heavy (non-hydrogen) atoms. The zero-order chi connectivity index (χ0) is 20.3. The molecule has 1 aromatic heterocycles. The SMILES string of the molecule is CC(=O)OCC1=C(C(=O)[O-])N2C(=O)[C@H](NC(=O)CSc3ccncc3)[C@@H]2SC1.[Na+]. The molecule has 2 amide bonds. The van der Waals surface area contributed by atoms with Crippen LogP contribution >= 0.6 is 23.5 Å². The number of carbonyl (C=O) groups excluding carboxylic acids is 4. The van der Waals surface area contributed by atoms with Crippen molar-refractivity contribution in [1.82, 2.24) is 15.2 Å². The molecule has 12 heteroatoms. The van der Waals surface area contributed by atoms with E-state index >= 15 is 0 Å². The number of thioether (sulfide) groups is 2. The second kappa shape index (κ2) is 10.5. The van der Waals surface area contributed by atoms with Crippen LogP contribution < -0.4 is 40.0 Å². The number of esters is 1. The fourth-order valence-electron chi connectivity index (χ4n) is 2.77. The molecule has 2 atom stereocenters. The molecule has 0 unspecified atom stereocenters. The standard InChI is InChI=1S/C17H17N3O6S2.Na/c1-9(21)26-6-10-7-28-16-13(15(23)20(16)14(10)17(24)25)19-12(22)8-27-11-2-4-18-5-3-11;/h2-5,13,16H,6-8H2,1H3,(H,19,22)(H,24,25);/q;+1/p-1/t13-,16-;/m0./s1. The monoisotopic (exact) mass is 445 g/mol. The number of pyridine rings is 1. The van der Waals surface area contributed by atoms with Gasteiger partial charge in [-0.3, -0.25) is 24.3 Å². The molecule has 3 heterocycles. The van der Waals surface area contributed by atoms with Gasteiger partial charge >= 0.3 is 35.5 Å². The number of carboxylic acids is 1. The Morgan fingerprint density at radius 2 is 2.07 bits per heavy atom. The van der Waals surface area contributed by atoms with Crippen molar-refractivity contribution in [3.05, 3.63) is 35.8 Å². The van der Waals surface area contributed by atoms with Crippen molar-refractivity contribution < 1.29 is 58.6 Å². The van der Waals surface area contributed by atoms with E-state index in [1.807, 2.05) is 0 Å². The van der Waals surface area contributed by atoms with Gasteiger partial charge in [0.1, 0.15) is 18.0 Å². The molecule has 0 aromatic carbocycles. The molecule has 0 saturated carbocycles. The molecule has 0 spiro atoms. The van der Waals surface area contributed by atoms with Gasteiger partial charge in [-0.2, -0.15) is 0 Å². The van der Waals surface area contributed by atoms with Crippen LogP contribution in [0.5, 0.6) is 0 Å². The van der Waals surface area contributed by atoms with E-state index in [2.05, 4.69) is 10.3 Å². The van der Waals surface area contributed by atoms with Crippen LogP contribution in [0.4, 0.5) is 0 Å². The Morgan fingerprint density at radius 1 is 1.38 bits per heavy atom. The number of carbonyl (C=O) groups is 4. The number of amides is 2. The van der Waals surface area contributed by atoms with E-state index in [1.54, 1.807) is 24.5 Å². The molecular weight excluding hydrogens is 429 g/mol. The van der Waals surface area contributed by atoms with Crippen molar-refractivity contribution in [2.24, 2.45) is 0 Å². The minimum Gasteiger partial charge on any atom is -0.543 e. The van der Waals surface area contributed by atoms with Crippen molar-refractivity contribution >= 4 is 47.3 Å². The van der Waals surface area contributed by atoms with Crippen molar-refractivity contribution in [3.63, 3.8) is 0 Å². The van der Waals surface area contributed by atoms with Gasteiger partial charge in [0.05, 0.1) is 17.4 Å². The second-order valence-corrected chi connectivity index (χ2v) is 8.10. The summed E-state index contributed by atoms with van der Waals surface area (Å²) in [5.74, 6) is -2.55. The van der Waals surface area contributed by atoms with Crippen molar-refractivity contribution in [2.75, 3.05) is 18.1 Å². The maximum atomic E-state index is 12.5. The number of β-lactam (4-membered cyclic amide) rings is 1. The van der Waals surface area contributed by atoms with Crippen LogP contribution in [0.2, 0.25) is 0 Å². The predicted molar refractivity (Wildman–Crippen MR) is 98.6 cm³/mol. The van der Waals surface area contributed by atoms with Gasteiger partial charge in [-0.1, -0.05) is 0 Å². The van der Waals surface area contributed by atoms with Gasteiger partial charge in [-0.25, -0.2) is 0 Å². The van der Waals surface area contributed by atoms with E-state index in [-0.39, 0.29) is 59.3 Å². The summed E-state index contributed by atoms with van der Waals surface area (Å²) < 4.78 is 4.85. The largest absolute Gasteiger partial charge is 1.00 e. The second-order valence-electron chi connectivity index (χ2n) is 5.95. The molecular formula is C17H16N3NaO6S2. The third-order valence-corrected chi connectivity index (χ3v) is 6.38. The van der Waals surface area contributed by atoms with E-state index in [0.717, 1.165) is 9.80 Å². The fraction of sp³-hybridized carbons (Fsp3) is 0.353. The van der Waals surface area contributed by atoms with Gasteiger partial charge in [0.2, 0.25) is 5.91 Å². The molecule has 9 nitrogen and oxygen atoms in total. The van der Waals surface area contributed by atoms with Crippen LogP contribution in [0.15, 0.2) is 40.7 Å². The van der Waals surface area contributed by atoms with E-state index in [0.29, 0.717) is 5.57 Å². The van der Waals surface area contributed by atoms with Crippen LogP contribution in [0.25, 0.3) is 0 Å². The minimum absolute atomic E-state index is 0. The summed E-state index contributed by atoms with van der Waals surface area (Å²) in [7, 11) is 0. The van der Waals surface area contributed by atoms with Gasteiger partial charge in [0, 0.05) is 35.5 Å². The Labute approximate surface area is 197 Å². The minimum atomic E-state index is -1.51. The topological polar surface area (TPSA) is 129 Å². The number of aromatic nitrogens is 1. The predicted octanol–water partition coefficient (Wildman–Crippen LogP) is -3.86. The molecule has 1 fully saturated rings. The smallest absolute Gasteiger partial charge is 0.543 e. The third kappa shape index (κ3) is 5.54. The molecule has 1 N–H and O–H groups in total. The van der Waals surface area contributed by atoms with Crippen molar-refractivity contribution in [3.8, 4) is 0 Å². The first-order chi connectivity index (χ1) is 13.4. The van der Waals surface area contributed by atoms with E-state index in [1.165, 1.54) is 30.4 Å². The number of hydrogen-bond donors (Lipinski definition) is 1. The fourth-order valence-corrected chi connectivity index (χ4v) is 4.79. The molecule has 0 bridgehead atoms. The number of ether oxygens (including phenoxy) is 1. The summed E-state index contributed by atoms with van der Waals surface area (Å²) in [6.45, 7) is 0.990. The number of aliphatic carboxylic acids is 1. The van der Waals surface area contributed by atoms with Gasteiger partial charge in [0.15, 0.2) is 0 Å². The Kier molecular flexibility index (Phi) is 8.58. The molecule has 0 aliphatic carbocycles. The summed E-state index contributed by atoms with van der Waals surface area (Å²) in [4.78, 5) is 53.0. The number of hydrogen-bond acceptors (Lipinski definition) is 9. The van der Waals surface area contributed by atoms with Crippen LogP contribution in [0.1, 0.15) is 6.92 Å². The molecule has 2 aliphatic heterocycles. The quantitative estimate of drug-likeness (QED) is 0.194. The van der Waals surface area contributed by atoms with E-state index in [4.69, 9.17) is 4.74 Å². The average molecular weight is 445 g/mol. The van der Waals surface area contributed by atoms with Crippen LogP contribution in [-0.4, -0.2) is 63.2 Å². The third-order valence-electron chi connectivity index (χ3n) is 4.03. The van der Waals surface area contributed by atoms with Crippen molar-refractivity contribution in [1.29, 1.82) is 0 Å². The zero-order valence-corrected chi connectivity index (χ0v) is 19.4. The Morgan fingerprint density at radius 3 is 2.69 bits per heavy atom.